The Balaban J connectivity index is 0.00000169. The summed E-state index contributed by atoms with van der Waals surface area (Å²) >= 11 is 0. The van der Waals surface area contributed by atoms with Gasteiger partial charge < -0.3 is 15.1 Å². The van der Waals surface area contributed by atoms with E-state index in [1.54, 1.807) is 0 Å². The van der Waals surface area contributed by atoms with Crippen molar-refractivity contribution in [3.63, 3.8) is 0 Å². The van der Waals surface area contributed by atoms with Gasteiger partial charge in [-0.1, -0.05) is 0 Å². The van der Waals surface area contributed by atoms with Crippen LogP contribution in [-0.4, -0.2) is 43.1 Å². The largest absolute Gasteiger partial charge is 0.417 e. The van der Waals surface area contributed by atoms with Gasteiger partial charge in [-0.05, 0) is 24.8 Å². The number of pyridine rings is 1. The van der Waals surface area contributed by atoms with E-state index in [9.17, 15) is 18.0 Å². The monoisotopic (exact) mass is 362 g/mol. The van der Waals surface area contributed by atoms with E-state index in [2.05, 4.69) is 10.3 Å². The van der Waals surface area contributed by atoms with Gasteiger partial charge in [0.2, 0.25) is 0 Å². The summed E-state index contributed by atoms with van der Waals surface area (Å²) in [5.41, 5.74) is -0.506. The van der Waals surface area contributed by atoms with Gasteiger partial charge in [0.25, 0.3) is 5.91 Å². The van der Waals surface area contributed by atoms with Gasteiger partial charge in [-0.15, -0.1) is 12.4 Å². The van der Waals surface area contributed by atoms with E-state index < -0.39 is 11.7 Å². The molecule has 0 spiro atoms. The Morgan fingerprint density at radius 2 is 2.08 bits per heavy atom. The second-order valence-corrected chi connectivity index (χ2v) is 6.37. The second-order valence-electron chi connectivity index (χ2n) is 6.37. The summed E-state index contributed by atoms with van der Waals surface area (Å²) in [4.78, 5) is 20.2. The van der Waals surface area contributed by atoms with Crippen molar-refractivity contribution in [1.82, 2.24) is 10.3 Å². The molecule has 24 heavy (non-hydrogen) atoms. The molecule has 3 aliphatic rings. The van der Waals surface area contributed by atoms with Crippen molar-refractivity contribution in [3.05, 3.63) is 17.8 Å². The first kappa shape index (κ1) is 17.3. The van der Waals surface area contributed by atoms with Crippen molar-refractivity contribution < 1.29 is 18.0 Å². The number of carbonyl (C=O) groups excluding carboxylic acids is 1. The summed E-state index contributed by atoms with van der Waals surface area (Å²) in [5.74, 6) is 0.756. The van der Waals surface area contributed by atoms with Gasteiger partial charge in [-0.2, -0.15) is 13.2 Å². The van der Waals surface area contributed by atoms with Gasteiger partial charge in [-0.3, -0.25) is 4.79 Å². The van der Waals surface area contributed by atoms with Crippen molar-refractivity contribution in [3.8, 4) is 0 Å². The van der Waals surface area contributed by atoms with Crippen molar-refractivity contribution in [2.24, 2.45) is 5.92 Å². The smallest absolute Gasteiger partial charge is 0.340 e. The fourth-order valence-corrected chi connectivity index (χ4v) is 3.24. The molecule has 132 valence electrons. The number of nitrogens with zero attached hydrogens (tertiary/aromatic N) is 3. The average molecular weight is 363 g/mol. The van der Waals surface area contributed by atoms with Crippen LogP contribution in [0.4, 0.5) is 24.7 Å². The standard InChI is InChI=1S/C15H17F3N4O.ClH/c16-15(17,18)10-5-11-13(20-6-10)21-4-3-19-7-12(21)14(23)22(11)8-9-1-2-9;/h5-6,9,12,19H,1-4,7-8H2;1H/t12-;/m1./s1. The molecule has 9 heteroatoms. The molecule has 1 aromatic rings. The third-order valence-corrected chi connectivity index (χ3v) is 4.67. The highest BCUT2D eigenvalue weighted by atomic mass is 35.5. The van der Waals surface area contributed by atoms with Crippen LogP contribution < -0.4 is 15.1 Å². The molecule has 1 amide bonds. The summed E-state index contributed by atoms with van der Waals surface area (Å²) in [5, 5.41) is 3.17. The molecule has 1 N–H and O–H groups in total. The van der Waals surface area contributed by atoms with Crippen LogP contribution in [0.25, 0.3) is 0 Å². The maximum Gasteiger partial charge on any atom is 0.417 e. The number of nitrogens with one attached hydrogen (secondary N) is 1. The molecule has 2 aliphatic heterocycles. The molecule has 1 aromatic heterocycles. The van der Waals surface area contributed by atoms with E-state index in [1.165, 1.54) is 4.90 Å². The lowest BCUT2D eigenvalue weighted by molar-refractivity contribution is -0.137. The first-order valence-electron chi connectivity index (χ1n) is 7.81. The van der Waals surface area contributed by atoms with E-state index in [-0.39, 0.29) is 24.4 Å². The number of alkyl halides is 3. The lowest BCUT2D eigenvalue weighted by atomic mass is 10.0. The summed E-state index contributed by atoms with van der Waals surface area (Å²) in [7, 11) is 0. The molecule has 1 atom stereocenters. The minimum atomic E-state index is -4.46. The van der Waals surface area contributed by atoms with Gasteiger partial charge in [0.1, 0.15) is 6.04 Å². The molecule has 1 saturated heterocycles. The minimum Gasteiger partial charge on any atom is -0.340 e. The first-order valence-corrected chi connectivity index (χ1v) is 7.81. The van der Waals surface area contributed by atoms with Gasteiger partial charge in [0, 0.05) is 32.4 Å². The molecule has 3 heterocycles. The van der Waals surface area contributed by atoms with Crippen LogP contribution >= 0.6 is 12.4 Å². The maximum atomic E-state index is 13.0. The number of hydrogen-bond donors (Lipinski definition) is 1. The molecule has 5 nitrogen and oxygen atoms in total. The Morgan fingerprint density at radius 1 is 1.33 bits per heavy atom. The zero-order chi connectivity index (χ0) is 16.2. The predicted molar refractivity (Wildman–Crippen MR) is 85.6 cm³/mol. The topological polar surface area (TPSA) is 48.5 Å². The highest BCUT2D eigenvalue weighted by molar-refractivity contribution is 6.05. The number of aromatic nitrogens is 1. The van der Waals surface area contributed by atoms with Crippen LogP contribution in [-0.2, 0) is 11.0 Å². The Morgan fingerprint density at radius 3 is 2.75 bits per heavy atom. The van der Waals surface area contributed by atoms with Crippen LogP contribution in [0.5, 0.6) is 0 Å². The molecule has 1 aliphatic carbocycles. The third-order valence-electron chi connectivity index (χ3n) is 4.67. The van der Waals surface area contributed by atoms with Gasteiger partial charge in [0.15, 0.2) is 5.82 Å². The number of piperazine rings is 1. The van der Waals surface area contributed by atoms with Crippen molar-refractivity contribution in [1.29, 1.82) is 0 Å². The van der Waals surface area contributed by atoms with Gasteiger partial charge in [0.05, 0.1) is 11.3 Å². The van der Waals surface area contributed by atoms with E-state index >= 15 is 0 Å². The lowest BCUT2D eigenvalue weighted by Gasteiger charge is -2.44. The lowest BCUT2D eigenvalue weighted by Crippen LogP contribution is -2.62. The molecule has 0 radical (unpaired) electrons. The zero-order valence-corrected chi connectivity index (χ0v) is 13.7. The first-order chi connectivity index (χ1) is 10.9. The Kier molecular flexibility index (Phi) is 4.37. The maximum absolute atomic E-state index is 13.0. The summed E-state index contributed by atoms with van der Waals surface area (Å²) < 4.78 is 39.1. The quantitative estimate of drug-likeness (QED) is 0.875. The summed E-state index contributed by atoms with van der Waals surface area (Å²) in [6.07, 6.45) is -1.55. The number of amides is 1. The molecule has 0 bridgehead atoms. The highest BCUT2D eigenvalue weighted by Crippen LogP contribution is 2.41. The van der Waals surface area contributed by atoms with Crippen LogP contribution in [0.2, 0.25) is 0 Å². The number of rotatable bonds is 2. The summed E-state index contributed by atoms with van der Waals surface area (Å²) in [6, 6.07) is 0.695. The van der Waals surface area contributed by atoms with E-state index in [1.807, 2.05) is 4.90 Å². The number of hydrogen-bond acceptors (Lipinski definition) is 4. The third kappa shape index (κ3) is 2.93. The van der Waals surface area contributed by atoms with Gasteiger partial charge in [-0.25, -0.2) is 4.98 Å². The molecule has 1 saturated carbocycles. The average Bonchev–Trinajstić information content (AvgIpc) is 3.34. The Bertz CT molecular complexity index is 650. The van der Waals surface area contributed by atoms with Crippen LogP contribution in [0.15, 0.2) is 12.3 Å². The SMILES string of the molecule is Cl.O=C1[C@H]2CNCCN2c2ncc(C(F)(F)F)cc2N1CC1CC1. The number of anilines is 2. The van der Waals surface area contributed by atoms with Gasteiger partial charge >= 0.3 is 6.18 Å². The number of fused-ring (bicyclic) bond motifs is 3. The van der Waals surface area contributed by atoms with E-state index in [0.717, 1.165) is 25.1 Å². The van der Waals surface area contributed by atoms with Crippen LogP contribution in [0, 0.1) is 5.92 Å². The molecular weight excluding hydrogens is 345 g/mol. The second kappa shape index (κ2) is 6.07. The normalized spacial score (nSPS) is 23.5. The van der Waals surface area contributed by atoms with Crippen LogP contribution in [0.3, 0.4) is 0 Å². The fraction of sp³-hybridized carbons (Fsp3) is 0.600. The number of halogens is 4. The zero-order valence-electron chi connectivity index (χ0n) is 12.8. The van der Waals surface area contributed by atoms with E-state index in [0.29, 0.717) is 43.6 Å². The number of carbonyl (C=O) groups is 1. The Labute approximate surface area is 143 Å². The molecule has 0 unspecified atom stereocenters. The minimum absolute atomic E-state index is 0. The summed E-state index contributed by atoms with van der Waals surface area (Å²) in [6.45, 7) is 2.24. The van der Waals surface area contributed by atoms with E-state index in [4.69, 9.17) is 0 Å². The molecular formula is C15H18ClF3N4O. The predicted octanol–water partition coefficient (Wildman–Crippen LogP) is 2.06. The highest BCUT2D eigenvalue weighted by Gasteiger charge is 2.43. The van der Waals surface area contributed by atoms with Crippen molar-refractivity contribution >= 4 is 29.8 Å². The van der Waals surface area contributed by atoms with Crippen molar-refractivity contribution in [2.75, 3.05) is 36.0 Å². The molecule has 2 fully saturated rings. The van der Waals surface area contributed by atoms with Crippen molar-refractivity contribution in [2.45, 2.75) is 25.1 Å². The molecule has 0 aromatic carbocycles. The van der Waals surface area contributed by atoms with Crippen LogP contribution in [0.1, 0.15) is 18.4 Å². The Hall–Kier alpha value is -1.54. The fourth-order valence-electron chi connectivity index (χ4n) is 3.24. The molecule has 4 rings (SSSR count).